The lowest BCUT2D eigenvalue weighted by Crippen LogP contribution is -2.48. The molecule has 3 aliphatic rings. The number of benzene rings is 1. The largest absolute Gasteiger partial charge is 0.326 e. The average molecular weight is 341 g/mol. The topological polar surface area (TPSA) is 52.7 Å². The van der Waals surface area contributed by atoms with Crippen LogP contribution in [0.1, 0.15) is 38.2 Å². The number of carbonyl (C=O) groups excluding carboxylic acids is 2. The molecule has 0 spiro atoms. The quantitative estimate of drug-likeness (QED) is 0.838. The van der Waals surface area contributed by atoms with Crippen LogP contribution in [0, 0.1) is 11.8 Å². The first-order valence-corrected chi connectivity index (χ1v) is 9.46. The van der Waals surface area contributed by atoms with Gasteiger partial charge < -0.3 is 5.32 Å². The summed E-state index contributed by atoms with van der Waals surface area (Å²) in [6.07, 6.45) is 5.46. The maximum absolute atomic E-state index is 12.7. The molecule has 2 saturated heterocycles. The van der Waals surface area contributed by atoms with Crippen LogP contribution in [-0.2, 0) is 11.2 Å². The van der Waals surface area contributed by atoms with E-state index in [1.807, 2.05) is 6.92 Å². The van der Waals surface area contributed by atoms with Crippen molar-refractivity contribution >= 4 is 11.9 Å². The summed E-state index contributed by atoms with van der Waals surface area (Å²) in [7, 11) is 0. The molecule has 25 heavy (non-hydrogen) atoms. The van der Waals surface area contributed by atoms with Gasteiger partial charge in [0, 0.05) is 13.1 Å². The van der Waals surface area contributed by atoms with Crippen molar-refractivity contribution in [1.29, 1.82) is 0 Å². The molecule has 4 rings (SSSR count). The van der Waals surface area contributed by atoms with Crippen LogP contribution in [-0.4, -0.2) is 47.0 Å². The molecule has 0 bridgehead atoms. The average Bonchev–Trinajstić information content (AvgIpc) is 3.44. The number of likely N-dealkylation sites (tertiary alicyclic amines) is 1. The molecule has 1 atom stereocenters. The lowest BCUT2D eigenvalue weighted by molar-refractivity contribution is -0.133. The Morgan fingerprint density at radius 1 is 1.08 bits per heavy atom. The minimum Gasteiger partial charge on any atom is -0.323 e. The molecule has 1 aromatic carbocycles. The minimum atomic E-state index is -0.664. The zero-order valence-electron chi connectivity index (χ0n) is 14.9. The first-order valence-electron chi connectivity index (χ1n) is 9.46. The third-order valence-corrected chi connectivity index (χ3v) is 6.11. The number of hydrogen-bond donors (Lipinski definition) is 1. The van der Waals surface area contributed by atoms with Gasteiger partial charge in [0.1, 0.15) is 5.54 Å². The Bertz CT molecular complexity index is 650. The van der Waals surface area contributed by atoms with Crippen molar-refractivity contribution in [3.63, 3.8) is 0 Å². The van der Waals surface area contributed by atoms with Crippen LogP contribution < -0.4 is 5.32 Å². The van der Waals surface area contributed by atoms with E-state index in [2.05, 4.69) is 40.5 Å². The monoisotopic (exact) mass is 341 g/mol. The van der Waals surface area contributed by atoms with Crippen molar-refractivity contribution in [2.75, 3.05) is 19.8 Å². The number of nitrogens with one attached hydrogen (secondary N) is 1. The van der Waals surface area contributed by atoms with E-state index in [9.17, 15) is 9.59 Å². The number of piperidine rings is 1. The molecule has 5 heteroatoms. The Kier molecular flexibility index (Phi) is 4.28. The van der Waals surface area contributed by atoms with Crippen LogP contribution in [0.15, 0.2) is 30.3 Å². The van der Waals surface area contributed by atoms with Crippen molar-refractivity contribution in [1.82, 2.24) is 15.1 Å². The molecule has 134 valence electrons. The first-order chi connectivity index (χ1) is 12.1. The Morgan fingerprint density at radius 3 is 2.40 bits per heavy atom. The first kappa shape index (κ1) is 16.6. The van der Waals surface area contributed by atoms with Gasteiger partial charge in [-0.15, -0.1) is 0 Å². The molecule has 3 fully saturated rings. The molecule has 0 aromatic heterocycles. The Balaban J connectivity index is 1.30. The number of imide groups is 1. The summed E-state index contributed by atoms with van der Waals surface area (Å²) < 4.78 is 0. The van der Waals surface area contributed by atoms with E-state index in [0.29, 0.717) is 18.5 Å². The molecule has 1 aliphatic carbocycles. The summed E-state index contributed by atoms with van der Waals surface area (Å²) in [5.74, 6) is 0.982. The third-order valence-electron chi connectivity index (χ3n) is 6.11. The normalized spacial score (nSPS) is 28.4. The maximum Gasteiger partial charge on any atom is 0.326 e. The van der Waals surface area contributed by atoms with Crippen LogP contribution in [0.4, 0.5) is 4.79 Å². The van der Waals surface area contributed by atoms with E-state index in [1.54, 1.807) is 0 Å². The molecular weight excluding hydrogens is 314 g/mol. The lowest BCUT2D eigenvalue weighted by atomic mass is 9.90. The number of nitrogens with zero attached hydrogens (tertiary/aromatic N) is 2. The molecule has 1 N–H and O–H groups in total. The summed E-state index contributed by atoms with van der Waals surface area (Å²) in [6, 6.07) is 10.4. The fourth-order valence-corrected chi connectivity index (χ4v) is 4.26. The van der Waals surface area contributed by atoms with Crippen LogP contribution in [0.25, 0.3) is 0 Å². The SMILES string of the molecule is C[C@]1(C2CC2)NC(=O)N(CN2CCC(Cc3ccccc3)CC2)C1=O. The number of hydrogen-bond acceptors (Lipinski definition) is 3. The highest BCUT2D eigenvalue weighted by Crippen LogP contribution is 2.42. The van der Waals surface area contributed by atoms with Gasteiger partial charge in [-0.2, -0.15) is 0 Å². The third kappa shape index (κ3) is 3.30. The molecule has 2 heterocycles. The van der Waals surface area contributed by atoms with Gasteiger partial charge >= 0.3 is 6.03 Å². The van der Waals surface area contributed by atoms with Gasteiger partial charge in [-0.05, 0) is 56.4 Å². The van der Waals surface area contributed by atoms with Crippen molar-refractivity contribution < 1.29 is 9.59 Å². The van der Waals surface area contributed by atoms with Crippen LogP contribution in [0.2, 0.25) is 0 Å². The minimum absolute atomic E-state index is 0.0357. The smallest absolute Gasteiger partial charge is 0.323 e. The molecule has 1 saturated carbocycles. The summed E-state index contributed by atoms with van der Waals surface area (Å²) >= 11 is 0. The van der Waals surface area contributed by atoms with Crippen LogP contribution >= 0.6 is 0 Å². The van der Waals surface area contributed by atoms with Gasteiger partial charge in [0.05, 0.1) is 6.67 Å². The highest BCUT2D eigenvalue weighted by atomic mass is 16.2. The Hall–Kier alpha value is -1.88. The molecule has 3 amide bonds. The van der Waals surface area contributed by atoms with E-state index in [-0.39, 0.29) is 11.9 Å². The predicted octanol–water partition coefficient (Wildman–Crippen LogP) is 2.62. The highest BCUT2D eigenvalue weighted by molar-refractivity contribution is 6.07. The second-order valence-electron chi connectivity index (χ2n) is 8.03. The van der Waals surface area contributed by atoms with Gasteiger partial charge in [0.25, 0.3) is 5.91 Å². The van der Waals surface area contributed by atoms with E-state index < -0.39 is 5.54 Å². The molecule has 0 radical (unpaired) electrons. The second kappa shape index (κ2) is 6.45. The molecular formula is C20H27N3O2. The highest BCUT2D eigenvalue weighted by Gasteiger charge is 2.56. The van der Waals surface area contributed by atoms with Crippen molar-refractivity contribution in [3.05, 3.63) is 35.9 Å². The molecule has 1 aromatic rings. The number of rotatable bonds is 5. The number of carbonyl (C=O) groups is 2. The van der Waals surface area contributed by atoms with E-state index in [1.165, 1.54) is 10.5 Å². The van der Waals surface area contributed by atoms with Crippen molar-refractivity contribution in [2.45, 2.75) is 44.6 Å². The zero-order chi connectivity index (χ0) is 17.4. The summed E-state index contributed by atoms with van der Waals surface area (Å²) in [5, 5.41) is 2.93. The lowest BCUT2D eigenvalue weighted by Gasteiger charge is -2.34. The van der Waals surface area contributed by atoms with Crippen molar-refractivity contribution in [3.8, 4) is 0 Å². The molecule has 2 aliphatic heterocycles. The van der Waals surface area contributed by atoms with E-state index in [4.69, 9.17) is 0 Å². The second-order valence-corrected chi connectivity index (χ2v) is 8.03. The zero-order valence-corrected chi connectivity index (χ0v) is 14.9. The summed E-state index contributed by atoms with van der Waals surface area (Å²) in [5.41, 5.74) is 0.734. The Labute approximate surface area is 149 Å². The standard InChI is InChI=1S/C20H27N3O2/c1-20(17-7-8-17)18(24)23(19(25)21-20)14-22-11-9-16(10-12-22)13-15-5-3-2-4-6-15/h2-6,16-17H,7-14H2,1H3,(H,21,25)/t20-/m1/s1. The van der Waals surface area contributed by atoms with E-state index in [0.717, 1.165) is 45.2 Å². The van der Waals surface area contributed by atoms with Crippen LogP contribution in [0.5, 0.6) is 0 Å². The maximum atomic E-state index is 12.7. The fourth-order valence-electron chi connectivity index (χ4n) is 4.26. The Morgan fingerprint density at radius 2 is 1.76 bits per heavy atom. The van der Waals surface area contributed by atoms with Gasteiger partial charge in [-0.1, -0.05) is 30.3 Å². The molecule has 5 nitrogen and oxygen atoms in total. The summed E-state index contributed by atoms with van der Waals surface area (Å²) in [6.45, 7) is 4.23. The van der Waals surface area contributed by atoms with Gasteiger partial charge in [-0.25, -0.2) is 9.69 Å². The number of amides is 3. The fraction of sp³-hybridized carbons (Fsp3) is 0.600. The predicted molar refractivity (Wildman–Crippen MR) is 95.8 cm³/mol. The van der Waals surface area contributed by atoms with Gasteiger partial charge in [0.15, 0.2) is 0 Å². The van der Waals surface area contributed by atoms with Gasteiger partial charge in [-0.3, -0.25) is 9.69 Å². The van der Waals surface area contributed by atoms with Gasteiger partial charge in [0.2, 0.25) is 0 Å². The van der Waals surface area contributed by atoms with Crippen molar-refractivity contribution in [2.24, 2.45) is 11.8 Å². The number of urea groups is 1. The molecule has 0 unspecified atom stereocenters. The van der Waals surface area contributed by atoms with Crippen LogP contribution in [0.3, 0.4) is 0 Å². The van der Waals surface area contributed by atoms with E-state index >= 15 is 0 Å². The summed E-state index contributed by atoms with van der Waals surface area (Å²) in [4.78, 5) is 28.7.